The van der Waals surface area contributed by atoms with E-state index in [1.54, 1.807) is 29.1 Å². The van der Waals surface area contributed by atoms with Gasteiger partial charge in [-0.05, 0) is 37.1 Å². The highest BCUT2D eigenvalue weighted by atomic mass is 32.2. The number of nitrogens with one attached hydrogen (secondary N) is 1. The van der Waals surface area contributed by atoms with Crippen LogP contribution in [0, 0.1) is 0 Å². The summed E-state index contributed by atoms with van der Waals surface area (Å²) >= 11 is 1.28. The molecule has 7 heteroatoms. The second-order valence-corrected chi connectivity index (χ2v) is 8.25. The number of amides is 1. The van der Waals surface area contributed by atoms with Gasteiger partial charge >= 0.3 is 0 Å². The van der Waals surface area contributed by atoms with Gasteiger partial charge in [0.1, 0.15) is 0 Å². The lowest BCUT2D eigenvalue weighted by Crippen LogP contribution is -2.35. The van der Waals surface area contributed by atoms with E-state index in [-0.39, 0.29) is 23.3 Å². The monoisotopic (exact) mass is 408 g/mol. The maximum atomic E-state index is 13.1. The van der Waals surface area contributed by atoms with E-state index in [2.05, 4.69) is 15.3 Å². The summed E-state index contributed by atoms with van der Waals surface area (Å²) in [4.78, 5) is 34.5. The number of hydrogen-bond acceptors (Lipinski definition) is 5. The Kier molecular flexibility index (Phi) is 6.24. The highest BCUT2D eigenvalue weighted by Crippen LogP contribution is 2.22. The van der Waals surface area contributed by atoms with E-state index in [1.807, 2.05) is 24.3 Å². The van der Waals surface area contributed by atoms with Gasteiger partial charge in [-0.3, -0.25) is 19.1 Å². The summed E-state index contributed by atoms with van der Waals surface area (Å²) < 4.78 is 1.54. The van der Waals surface area contributed by atoms with E-state index in [0.717, 1.165) is 12.8 Å². The van der Waals surface area contributed by atoms with Gasteiger partial charge in [-0.2, -0.15) is 0 Å². The van der Waals surface area contributed by atoms with Crippen molar-refractivity contribution in [1.29, 1.82) is 0 Å². The van der Waals surface area contributed by atoms with E-state index >= 15 is 0 Å². The Bertz CT molecular complexity index is 1040. The number of carbonyl (C=O) groups is 1. The van der Waals surface area contributed by atoms with Crippen LogP contribution >= 0.6 is 11.8 Å². The van der Waals surface area contributed by atoms with Crippen molar-refractivity contribution in [2.45, 2.75) is 49.7 Å². The third-order valence-corrected chi connectivity index (χ3v) is 6.14. The van der Waals surface area contributed by atoms with Crippen LogP contribution in [0.4, 0.5) is 0 Å². The first kappa shape index (κ1) is 19.6. The Morgan fingerprint density at radius 1 is 1.10 bits per heavy atom. The van der Waals surface area contributed by atoms with Gasteiger partial charge in [0, 0.05) is 12.2 Å². The normalized spacial score (nSPS) is 15.2. The van der Waals surface area contributed by atoms with Crippen molar-refractivity contribution in [3.05, 3.63) is 59.1 Å². The van der Waals surface area contributed by atoms with Crippen molar-refractivity contribution in [2.24, 2.45) is 0 Å². The summed E-state index contributed by atoms with van der Waals surface area (Å²) in [5.74, 6) is 0.212. The lowest BCUT2D eigenvalue weighted by molar-refractivity contribution is -0.119. The quantitative estimate of drug-likeness (QED) is 0.396. The van der Waals surface area contributed by atoms with Gasteiger partial charge in [0.15, 0.2) is 5.16 Å². The van der Waals surface area contributed by atoms with Crippen molar-refractivity contribution in [3.63, 3.8) is 0 Å². The minimum atomic E-state index is -0.157. The number of fused-ring (bicyclic) bond motifs is 1. The lowest BCUT2D eigenvalue weighted by atomic mass is 10.1. The van der Waals surface area contributed by atoms with Gasteiger partial charge in [0.05, 0.1) is 28.5 Å². The van der Waals surface area contributed by atoms with Gasteiger partial charge < -0.3 is 5.32 Å². The molecule has 150 valence electrons. The summed E-state index contributed by atoms with van der Waals surface area (Å²) in [5, 5.41) is 4.20. The number of carbonyl (C=O) groups excluding carboxylic acids is 1. The van der Waals surface area contributed by atoms with Crippen molar-refractivity contribution in [2.75, 3.05) is 5.75 Å². The van der Waals surface area contributed by atoms with E-state index in [4.69, 9.17) is 0 Å². The van der Waals surface area contributed by atoms with Crippen molar-refractivity contribution < 1.29 is 4.79 Å². The number of pyridine rings is 1. The molecule has 3 aromatic rings. The van der Waals surface area contributed by atoms with Gasteiger partial charge in [-0.15, -0.1) is 0 Å². The van der Waals surface area contributed by atoms with Crippen molar-refractivity contribution in [3.8, 4) is 5.69 Å². The zero-order valence-electron chi connectivity index (χ0n) is 16.2. The highest BCUT2D eigenvalue weighted by Gasteiger charge is 2.17. The number of aromatic nitrogens is 3. The average molecular weight is 409 g/mol. The molecule has 0 unspecified atom stereocenters. The fourth-order valence-electron chi connectivity index (χ4n) is 3.75. The van der Waals surface area contributed by atoms with Crippen LogP contribution in [0.15, 0.2) is 58.7 Å². The third-order valence-electron chi connectivity index (χ3n) is 5.20. The fraction of sp³-hybridized carbons (Fsp3) is 0.364. The Hall–Kier alpha value is -2.67. The molecule has 0 spiro atoms. The van der Waals surface area contributed by atoms with E-state index in [1.165, 1.54) is 37.4 Å². The third kappa shape index (κ3) is 4.67. The average Bonchev–Trinajstić information content (AvgIpc) is 3.01. The van der Waals surface area contributed by atoms with Gasteiger partial charge in [0.2, 0.25) is 5.91 Å². The van der Waals surface area contributed by atoms with Gasteiger partial charge in [-0.25, -0.2) is 4.98 Å². The van der Waals surface area contributed by atoms with Crippen molar-refractivity contribution >= 4 is 28.6 Å². The smallest absolute Gasteiger partial charge is 0.266 e. The molecule has 1 amide bonds. The second-order valence-electron chi connectivity index (χ2n) is 7.31. The van der Waals surface area contributed by atoms with Crippen LogP contribution in [0.5, 0.6) is 0 Å². The molecule has 1 aromatic carbocycles. The van der Waals surface area contributed by atoms with Crippen LogP contribution in [-0.2, 0) is 4.79 Å². The number of rotatable bonds is 5. The Morgan fingerprint density at radius 3 is 2.66 bits per heavy atom. The molecule has 1 aliphatic rings. The predicted molar refractivity (Wildman–Crippen MR) is 115 cm³/mol. The predicted octanol–water partition coefficient (Wildman–Crippen LogP) is 3.71. The first-order valence-electron chi connectivity index (χ1n) is 10.1. The molecule has 2 heterocycles. The number of nitrogens with zero attached hydrogens (tertiary/aromatic N) is 3. The molecule has 0 saturated heterocycles. The van der Waals surface area contributed by atoms with Gasteiger partial charge in [-0.1, -0.05) is 49.6 Å². The van der Waals surface area contributed by atoms with Crippen LogP contribution in [0.1, 0.15) is 38.5 Å². The molecule has 1 N–H and O–H groups in total. The largest absolute Gasteiger partial charge is 0.353 e. The Labute approximate surface area is 173 Å². The minimum Gasteiger partial charge on any atom is -0.353 e. The van der Waals surface area contributed by atoms with Gasteiger partial charge in [0.25, 0.3) is 5.56 Å². The first-order valence-corrected chi connectivity index (χ1v) is 11.1. The topological polar surface area (TPSA) is 76.9 Å². The summed E-state index contributed by atoms with van der Waals surface area (Å²) in [6.07, 6.45) is 10.2. The molecule has 1 saturated carbocycles. The summed E-state index contributed by atoms with van der Waals surface area (Å²) in [5.41, 5.74) is 1.11. The van der Waals surface area contributed by atoms with Crippen LogP contribution in [0.3, 0.4) is 0 Å². The molecule has 0 bridgehead atoms. The van der Waals surface area contributed by atoms with E-state index in [0.29, 0.717) is 21.7 Å². The molecule has 6 nitrogen and oxygen atoms in total. The zero-order chi connectivity index (χ0) is 20.1. The molecule has 29 heavy (non-hydrogen) atoms. The molecule has 1 aliphatic carbocycles. The first-order chi connectivity index (χ1) is 14.2. The minimum absolute atomic E-state index is 0.0120. The SMILES string of the molecule is O=C(CSc1nc2ccccc2c(=O)n1-c1cccnc1)NC1CCCCCC1. The molecular weight excluding hydrogens is 384 g/mol. The van der Waals surface area contributed by atoms with Crippen LogP contribution in [-0.4, -0.2) is 32.2 Å². The number of benzene rings is 1. The lowest BCUT2D eigenvalue weighted by Gasteiger charge is -2.16. The highest BCUT2D eigenvalue weighted by molar-refractivity contribution is 7.99. The molecule has 2 aromatic heterocycles. The van der Waals surface area contributed by atoms with Crippen LogP contribution < -0.4 is 10.9 Å². The molecule has 0 aliphatic heterocycles. The summed E-state index contributed by atoms with van der Waals surface area (Å²) in [6.45, 7) is 0. The Morgan fingerprint density at radius 2 is 1.90 bits per heavy atom. The molecule has 0 radical (unpaired) electrons. The number of thioether (sulfide) groups is 1. The second kappa shape index (κ2) is 9.22. The summed E-state index contributed by atoms with van der Waals surface area (Å²) in [6, 6.07) is 11.1. The van der Waals surface area contributed by atoms with Crippen LogP contribution in [0.2, 0.25) is 0 Å². The molecular formula is C22H24N4O2S. The molecule has 0 atom stereocenters. The summed E-state index contributed by atoms with van der Waals surface area (Å²) in [7, 11) is 0. The van der Waals surface area contributed by atoms with Crippen molar-refractivity contribution in [1.82, 2.24) is 19.9 Å². The maximum absolute atomic E-state index is 13.1. The van der Waals surface area contributed by atoms with Crippen LogP contribution in [0.25, 0.3) is 16.6 Å². The Balaban J connectivity index is 1.59. The maximum Gasteiger partial charge on any atom is 0.266 e. The number of hydrogen-bond donors (Lipinski definition) is 1. The van der Waals surface area contributed by atoms with E-state index in [9.17, 15) is 9.59 Å². The number of para-hydroxylation sites is 1. The molecule has 4 rings (SSSR count). The fourth-order valence-corrected chi connectivity index (χ4v) is 4.57. The zero-order valence-corrected chi connectivity index (χ0v) is 17.0. The molecule has 1 fully saturated rings. The standard InChI is InChI=1S/C22H24N4O2S/c27-20(24-16-8-3-1-2-4-9-16)15-29-22-25-19-12-6-5-11-18(19)21(28)26(22)17-10-7-13-23-14-17/h5-7,10-14,16H,1-4,8-9,15H2,(H,24,27). The van der Waals surface area contributed by atoms with E-state index < -0.39 is 0 Å².